The van der Waals surface area contributed by atoms with Crippen LogP contribution in [-0.4, -0.2) is 5.91 Å². The minimum atomic E-state index is -0.0476. The molecular weight excluding hydrogens is 359 g/mol. The number of hydrogen-bond donors (Lipinski definition) is 1. The van der Waals surface area contributed by atoms with Gasteiger partial charge >= 0.3 is 0 Å². The van der Waals surface area contributed by atoms with Crippen molar-refractivity contribution in [1.29, 1.82) is 0 Å². The van der Waals surface area contributed by atoms with Crippen LogP contribution in [0.2, 0.25) is 0 Å². The molecule has 0 saturated carbocycles. The first-order valence-corrected chi connectivity index (χ1v) is 7.53. The van der Waals surface area contributed by atoms with Crippen LogP contribution in [0.4, 0.5) is 5.69 Å². The first-order valence-electron chi connectivity index (χ1n) is 7.53. The van der Waals surface area contributed by atoms with Gasteiger partial charge in [-0.05, 0) is 49.9 Å². The Morgan fingerprint density at radius 3 is 2.09 bits per heavy atom. The van der Waals surface area contributed by atoms with Gasteiger partial charge in [0.1, 0.15) is 0 Å². The van der Waals surface area contributed by atoms with E-state index in [0.29, 0.717) is 5.57 Å². The molecule has 0 spiro atoms. The van der Waals surface area contributed by atoms with Crippen molar-refractivity contribution in [3.8, 4) is 0 Å². The van der Waals surface area contributed by atoms with Crippen LogP contribution >= 0.6 is 0 Å². The number of carbonyl (C=O) groups is 1. The Morgan fingerprint density at radius 2 is 1.52 bits per heavy atom. The summed E-state index contributed by atoms with van der Waals surface area (Å²) in [4.78, 5) is 12.4. The van der Waals surface area contributed by atoms with E-state index in [-0.39, 0.29) is 38.6 Å². The molecule has 0 fully saturated rings. The number of rotatable bonds is 2. The second kappa shape index (κ2) is 7.72. The Kier molecular flexibility index (Phi) is 6.74. The number of allylic oxidation sites excluding steroid dienone is 5. The Balaban J connectivity index is 0.00000264. The van der Waals surface area contributed by atoms with E-state index in [0.717, 1.165) is 33.5 Å². The van der Waals surface area contributed by atoms with Gasteiger partial charge in [-0.1, -0.05) is 11.1 Å². The van der Waals surface area contributed by atoms with Crippen molar-refractivity contribution in [2.24, 2.45) is 0 Å². The molecule has 1 aromatic carbocycles. The van der Waals surface area contributed by atoms with Crippen molar-refractivity contribution in [2.45, 2.75) is 48.5 Å². The van der Waals surface area contributed by atoms with Crippen molar-refractivity contribution in [1.82, 2.24) is 0 Å². The molecule has 0 saturated heterocycles. The second-order valence-corrected chi connectivity index (χ2v) is 5.91. The fourth-order valence-electron chi connectivity index (χ4n) is 2.71. The molecule has 23 heavy (non-hydrogen) atoms. The van der Waals surface area contributed by atoms with Crippen LogP contribution in [0.25, 0.3) is 5.57 Å². The molecule has 0 bridgehead atoms. The summed E-state index contributed by atoms with van der Waals surface area (Å²) in [7, 11) is 0. The average Bonchev–Trinajstić information content (AvgIpc) is 2.84. The van der Waals surface area contributed by atoms with Crippen LogP contribution in [-0.2, 0) is 37.5 Å². The van der Waals surface area contributed by atoms with Gasteiger partial charge < -0.3 is 22.5 Å². The molecule has 0 unspecified atom stereocenters. The third-order valence-corrected chi connectivity index (χ3v) is 4.81. The number of amides is 1. The average molecular weight is 382 g/mol. The number of anilines is 1. The molecule has 1 radical (unpaired) electrons. The summed E-state index contributed by atoms with van der Waals surface area (Å²) in [5.74, 6) is -0.0476. The first-order chi connectivity index (χ1) is 10.3. The molecule has 1 N–H and O–H groups in total. The summed E-state index contributed by atoms with van der Waals surface area (Å²) in [6.45, 7) is 14.2. The maximum Gasteiger partial charge on any atom is 0.201 e. The minimum Gasteiger partial charge on any atom is -0.343 e. The van der Waals surface area contributed by atoms with Crippen LogP contribution < -0.4 is 5.32 Å². The molecular formula is C20H23NOY-2. The predicted molar refractivity (Wildman–Crippen MR) is 92.5 cm³/mol. The Hall–Kier alpha value is -0.986. The zero-order chi connectivity index (χ0) is 16.6. The summed E-state index contributed by atoms with van der Waals surface area (Å²) in [5.41, 5.74) is 9.51. The zero-order valence-electron chi connectivity index (χ0n) is 15.1. The van der Waals surface area contributed by atoms with Gasteiger partial charge in [0.15, 0.2) is 0 Å². The molecule has 2 rings (SSSR count). The predicted octanol–water partition coefficient (Wildman–Crippen LogP) is 4.77. The molecule has 3 heteroatoms. The van der Waals surface area contributed by atoms with E-state index < -0.39 is 0 Å². The van der Waals surface area contributed by atoms with E-state index in [2.05, 4.69) is 45.2 Å². The smallest absolute Gasteiger partial charge is 0.201 e. The molecule has 0 atom stereocenters. The van der Waals surface area contributed by atoms with Crippen molar-refractivity contribution >= 4 is 17.2 Å². The summed E-state index contributed by atoms with van der Waals surface area (Å²) < 4.78 is 0. The Bertz CT molecular complexity index is 752. The van der Waals surface area contributed by atoms with Gasteiger partial charge in [-0.25, -0.2) is 0 Å². The number of fused-ring (bicyclic) bond motifs is 1. The fourth-order valence-corrected chi connectivity index (χ4v) is 2.71. The van der Waals surface area contributed by atoms with E-state index in [1.807, 2.05) is 20.8 Å². The number of carbonyl (C=O) groups excluding carboxylic acids is 1. The van der Waals surface area contributed by atoms with Gasteiger partial charge in [-0.2, -0.15) is 6.08 Å². The largest absolute Gasteiger partial charge is 0.343 e. The summed E-state index contributed by atoms with van der Waals surface area (Å²) in [6, 6.07) is 0. The minimum absolute atomic E-state index is 0. The summed E-state index contributed by atoms with van der Waals surface area (Å²) in [6.07, 6.45) is 8.12. The van der Waals surface area contributed by atoms with Gasteiger partial charge in [-0.3, -0.25) is 10.9 Å². The van der Waals surface area contributed by atoms with Crippen molar-refractivity contribution < 1.29 is 37.5 Å². The normalized spacial score (nSPS) is 16.3. The molecule has 1 aliphatic heterocycles. The second-order valence-electron chi connectivity index (χ2n) is 5.91. The quantitative estimate of drug-likeness (QED) is 0.446. The van der Waals surface area contributed by atoms with Gasteiger partial charge in [0, 0.05) is 38.4 Å². The van der Waals surface area contributed by atoms with Crippen molar-refractivity contribution in [2.75, 3.05) is 5.32 Å². The van der Waals surface area contributed by atoms with E-state index in [1.54, 1.807) is 6.08 Å². The third kappa shape index (κ3) is 3.59. The standard InChI is InChI=1S/C20H23NO.Y/c1-8-11(2)12(3)9-10-17-18-15(6)13(4)14(5)16(7)19(18)21-20(17)22;/h10H,1-7H3,(H,21,22);/q-2;/b17-10-;. The Labute approximate surface area is 165 Å². The van der Waals surface area contributed by atoms with Crippen LogP contribution in [0, 0.1) is 39.8 Å². The maximum atomic E-state index is 12.4. The number of benzene rings is 1. The summed E-state index contributed by atoms with van der Waals surface area (Å²) >= 11 is 0. The first kappa shape index (κ1) is 20.1. The fraction of sp³-hybridized carbons (Fsp3) is 0.350. The van der Waals surface area contributed by atoms with Crippen LogP contribution in [0.15, 0.2) is 17.2 Å². The third-order valence-electron chi connectivity index (χ3n) is 4.81. The zero-order valence-corrected chi connectivity index (χ0v) is 17.9. The number of nitrogens with one attached hydrogen (secondary N) is 1. The van der Waals surface area contributed by atoms with Gasteiger partial charge in [0.2, 0.25) is 5.91 Å². The van der Waals surface area contributed by atoms with Gasteiger partial charge in [-0.15, -0.1) is 20.8 Å². The van der Waals surface area contributed by atoms with Crippen LogP contribution in [0.3, 0.4) is 0 Å². The molecule has 1 aliphatic rings. The van der Waals surface area contributed by atoms with Gasteiger partial charge in [0.25, 0.3) is 0 Å². The van der Waals surface area contributed by atoms with Crippen molar-refractivity contribution in [3.63, 3.8) is 0 Å². The Morgan fingerprint density at radius 1 is 0.957 bits per heavy atom. The molecule has 119 valence electrons. The molecule has 0 aromatic heterocycles. The van der Waals surface area contributed by atoms with Crippen molar-refractivity contribution in [3.05, 3.63) is 57.2 Å². The van der Waals surface area contributed by atoms with Crippen LogP contribution in [0.1, 0.15) is 48.6 Å². The monoisotopic (exact) mass is 382 g/mol. The summed E-state index contributed by atoms with van der Waals surface area (Å²) in [5, 5.41) is 3.01. The molecule has 1 aromatic rings. The van der Waals surface area contributed by atoms with E-state index in [9.17, 15) is 4.79 Å². The topological polar surface area (TPSA) is 29.1 Å². The SMILES string of the molecule is C[C-]=C(C)C(C)=[C-]/C=C1\C(=O)Nc2c(C)c(C)c(C)c(C)c21.[Y]. The molecule has 1 amide bonds. The number of hydrogen-bond acceptors (Lipinski definition) is 1. The van der Waals surface area contributed by atoms with Gasteiger partial charge in [0.05, 0.1) is 0 Å². The van der Waals surface area contributed by atoms with Crippen LogP contribution in [0.5, 0.6) is 0 Å². The van der Waals surface area contributed by atoms with E-state index in [4.69, 9.17) is 0 Å². The van der Waals surface area contributed by atoms with E-state index in [1.165, 1.54) is 11.1 Å². The molecule has 2 nitrogen and oxygen atoms in total. The maximum absolute atomic E-state index is 12.4. The van der Waals surface area contributed by atoms with E-state index >= 15 is 0 Å². The molecule has 1 heterocycles. The molecule has 0 aliphatic carbocycles.